The first kappa shape index (κ1) is 15.4. The maximum Gasteiger partial charge on any atom is 0.313 e. The van der Waals surface area contributed by atoms with Gasteiger partial charge in [0.15, 0.2) is 10.8 Å². The molecule has 9 heteroatoms. The lowest BCUT2D eigenvalue weighted by molar-refractivity contribution is -0.134. The largest absolute Gasteiger partial charge is 0.481 e. The lowest BCUT2D eigenvalue weighted by Gasteiger charge is -2.07. The highest BCUT2D eigenvalue weighted by Gasteiger charge is 2.19. The zero-order valence-electron chi connectivity index (χ0n) is 11.9. The van der Waals surface area contributed by atoms with E-state index in [1.807, 2.05) is 6.92 Å². The van der Waals surface area contributed by atoms with Crippen LogP contribution in [0.5, 0.6) is 0 Å². The number of nitrogens with zero attached hydrogens (tertiary/aromatic N) is 4. The van der Waals surface area contributed by atoms with E-state index in [0.29, 0.717) is 11.7 Å². The van der Waals surface area contributed by atoms with Crippen LogP contribution >= 0.6 is 11.8 Å². The number of carboxylic acids is 1. The average molecular weight is 311 g/mol. The summed E-state index contributed by atoms with van der Waals surface area (Å²) in [6.07, 6.45) is 0.895. The Morgan fingerprint density at radius 1 is 1.43 bits per heavy atom. The quantitative estimate of drug-likeness (QED) is 0.714. The number of aliphatic carboxylic acids is 1. The number of thioether (sulfide) groups is 1. The van der Waals surface area contributed by atoms with E-state index >= 15 is 0 Å². The second kappa shape index (κ2) is 6.17. The molecule has 114 valence electrons. The molecule has 2 aromatic heterocycles. The Hall–Kier alpha value is -2.03. The molecule has 0 bridgehead atoms. The number of hydrogen-bond acceptors (Lipinski definition) is 5. The van der Waals surface area contributed by atoms with Gasteiger partial charge in [0.2, 0.25) is 5.91 Å². The van der Waals surface area contributed by atoms with Gasteiger partial charge in [-0.25, -0.2) is 4.98 Å². The third kappa shape index (κ3) is 3.18. The molecule has 0 aliphatic rings. The number of hydrogen-bond donors (Lipinski definition) is 2. The summed E-state index contributed by atoms with van der Waals surface area (Å²) >= 11 is 1.12. The third-order valence-electron chi connectivity index (χ3n) is 3.00. The monoisotopic (exact) mass is 311 g/mol. The summed E-state index contributed by atoms with van der Waals surface area (Å²) in [7, 11) is 1.80. The SMILES string of the molecule is CCc1nn(C)c2c1nc(SCC(=O)O)n2CCC(N)=O. The van der Waals surface area contributed by atoms with E-state index in [1.165, 1.54) is 0 Å². The molecule has 2 rings (SSSR count). The molecule has 0 aromatic carbocycles. The fraction of sp³-hybridized carbons (Fsp3) is 0.500. The number of amides is 1. The number of carbonyl (C=O) groups excluding carboxylic acids is 1. The second-order valence-corrected chi connectivity index (χ2v) is 5.48. The predicted molar refractivity (Wildman–Crippen MR) is 78.0 cm³/mol. The van der Waals surface area contributed by atoms with Crippen molar-refractivity contribution in [1.82, 2.24) is 19.3 Å². The fourth-order valence-electron chi connectivity index (χ4n) is 2.12. The van der Waals surface area contributed by atoms with E-state index in [0.717, 1.165) is 35.0 Å². The molecule has 0 saturated heterocycles. The van der Waals surface area contributed by atoms with E-state index in [4.69, 9.17) is 10.8 Å². The summed E-state index contributed by atoms with van der Waals surface area (Å²) in [5.74, 6) is -1.42. The maximum absolute atomic E-state index is 11.0. The van der Waals surface area contributed by atoms with Crippen molar-refractivity contribution >= 4 is 34.8 Å². The van der Waals surface area contributed by atoms with Gasteiger partial charge in [-0.05, 0) is 6.42 Å². The van der Waals surface area contributed by atoms with Crippen LogP contribution in [0.3, 0.4) is 0 Å². The molecular weight excluding hydrogens is 294 g/mol. The molecule has 8 nitrogen and oxygen atoms in total. The number of carbonyl (C=O) groups is 2. The second-order valence-electron chi connectivity index (χ2n) is 4.54. The van der Waals surface area contributed by atoms with Gasteiger partial charge in [-0.15, -0.1) is 0 Å². The molecule has 3 N–H and O–H groups in total. The molecule has 0 aliphatic carbocycles. The van der Waals surface area contributed by atoms with Gasteiger partial charge in [-0.3, -0.25) is 14.3 Å². The highest BCUT2D eigenvalue weighted by Crippen LogP contribution is 2.26. The molecule has 0 spiro atoms. The molecule has 0 aliphatic heterocycles. The van der Waals surface area contributed by atoms with Gasteiger partial charge in [-0.1, -0.05) is 18.7 Å². The molecule has 1 amide bonds. The summed E-state index contributed by atoms with van der Waals surface area (Å²) in [6.45, 7) is 2.34. The number of aryl methyl sites for hydroxylation is 3. The van der Waals surface area contributed by atoms with Crippen molar-refractivity contribution in [2.75, 3.05) is 5.75 Å². The normalized spacial score (nSPS) is 11.1. The number of carboxylic acid groups (broad SMARTS) is 1. The van der Waals surface area contributed by atoms with Crippen LogP contribution in [0.2, 0.25) is 0 Å². The van der Waals surface area contributed by atoms with Crippen LogP contribution < -0.4 is 5.73 Å². The lowest BCUT2D eigenvalue weighted by atomic mass is 10.3. The smallest absolute Gasteiger partial charge is 0.313 e. The van der Waals surface area contributed by atoms with Crippen LogP contribution in [0, 0.1) is 0 Å². The Bertz CT molecular complexity index is 691. The van der Waals surface area contributed by atoms with Gasteiger partial charge in [0.25, 0.3) is 0 Å². The van der Waals surface area contributed by atoms with Crippen LogP contribution in [0.25, 0.3) is 11.2 Å². The minimum Gasteiger partial charge on any atom is -0.481 e. The van der Waals surface area contributed by atoms with Gasteiger partial charge < -0.3 is 15.4 Å². The Morgan fingerprint density at radius 2 is 2.14 bits per heavy atom. The topological polar surface area (TPSA) is 116 Å². The van der Waals surface area contributed by atoms with Crippen molar-refractivity contribution in [2.45, 2.75) is 31.5 Å². The fourth-order valence-corrected chi connectivity index (χ4v) is 2.86. The minimum absolute atomic E-state index is 0.0885. The molecule has 2 heterocycles. The molecule has 0 atom stereocenters. The van der Waals surface area contributed by atoms with Gasteiger partial charge in [-0.2, -0.15) is 5.10 Å². The van der Waals surface area contributed by atoms with E-state index in [9.17, 15) is 9.59 Å². The first-order chi connectivity index (χ1) is 9.93. The van der Waals surface area contributed by atoms with Crippen molar-refractivity contribution < 1.29 is 14.7 Å². The molecule has 21 heavy (non-hydrogen) atoms. The van der Waals surface area contributed by atoms with Crippen molar-refractivity contribution in [3.63, 3.8) is 0 Å². The van der Waals surface area contributed by atoms with Crippen LogP contribution in [0.1, 0.15) is 19.0 Å². The highest BCUT2D eigenvalue weighted by atomic mass is 32.2. The first-order valence-corrected chi connectivity index (χ1v) is 7.47. The Labute approximate surface area is 125 Å². The number of aromatic nitrogens is 4. The summed E-state index contributed by atoms with van der Waals surface area (Å²) in [5.41, 5.74) is 7.57. The average Bonchev–Trinajstić information content (AvgIpc) is 2.92. The van der Waals surface area contributed by atoms with Crippen molar-refractivity contribution in [1.29, 1.82) is 0 Å². The number of nitrogens with two attached hydrogens (primary N) is 1. The lowest BCUT2D eigenvalue weighted by Crippen LogP contribution is -2.15. The minimum atomic E-state index is -0.914. The zero-order chi connectivity index (χ0) is 15.6. The first-order valence-electron chi connectivity index (χ1n) is 6.49. The van der Waals surface area contributed by atoms with Crippen molar-refractivity contribution in [3.8, 4) is 0 Å². The van der Waals surface area contributed by atoms with Crippen molar-refractivity contribution in [3.05, 3.63) is 5.69 Å². The van der Waals surface area contributed by atoms with E-state index in [1.54, 1.807) is 16.3 Å². The van der Waals surface area contributed by atoms with Gasteiger partial charge in [0.1, 0.15) is 5.52 Å². The van der Waals surface area contributed by atoms with Crippen molar-refractivity contribution in [2.24, 2.45) is 12.8 Å². The number of primary amides is 1. The Kier molecular flexibility index (Phi) is 4.51. The van der Waals surface area contributed by atoms with Gasteiger partial charge in [0, 0.05) is 20.0 Å². The Balaban J connectivity index is 2.46. The molecule has 0 unspecified atom stereocenters. The summed E-state index contributed by atoms with van der Waals surface area (Å²) in [5, 5.41) is 13.8. The van der Waals surface area contributed by atoms with E-state index < -0.39 is 11.9 Å². The van der Waals surface area contributed by atoms with E-state index in [-0.39, 0.29) is 12.2 Å². The van der Waals surface area contributed by atoms with E-state index in [2.05, 4.69) is 10.1 Å². The van der Waals surface area contributed by atoms with Crippen LogP contribution in [-0.2, 0) is 29.6 Å². The summed E-state index contributed by atoms with van der Waals surface area (Å²) in [4.78, 5) is 26.2. The predicted octanol–water partition coefficient (Wildman–Crippen LogP) is 0.384. The molecule has 0 radical (unpaired) electrons. The molecule has 2 aromatic rings. The number of rotatable bonds is 7. The maximum atomic E-state index is 11.0. The third-order valence-corrected chi connectivity index (χ3v) is 3.96. The van der Waals surface area contributed by atoms with Crippen LogP contribution in [-0.4, -0.2) is 42.1 Å². The number of fused-ring (bicyclic) bond motifs is 1. The van der Waals surface area contributed by atoms with Crippen LogP contribution in [0.15, 0.2) is 5.16 Å². The Morgan fingerprint density at radius 3 is 2.71 bits per heavy atom. The molecule has 0 saturated carbocycles. The van der Waals surface area contributed by atoms with Gasteiger partial charge >= 0.3 is 5.97 Å². The summed E-state index contributed by atoms with van der Waals surface area (Å²) in [6, 6.07) is 0. The highest BCUT2D eigenvalue weighted by molar-refractivity contribution is 7.99. The number of imidazole rings is 1. The molecule has 0 fully saturated rings. The molecular formula is C12H17N5O3S. The standard InChI is InChI=1S/C12H17N5O3S/c1-3-7-10-11(16(2)15-7)17(5-4-8(13)18)12(14-10)21-6-9(19)20/h3-6H2,1-2H3,(H2,13,18)(H,19,20). The van der Waals surface area contributed by atoms with Crippen LogP contribution in [0.4, 0.5) is 0 Å². The zero-order valence-corrected chi connectivity index (χ0v) is 12.7. The summed E-state index contributed by atoms with van der Waals surface area (Å²) < 4.78 is 3.51. The van der Waals surface area contributed by atoms with Gasteiger partial charge in [0.05, 0.1) is 11.4 Å².